The molecule has 0 aliphatic carbocycles. The predicted octanol–water partition coefficient (Wildman–Crippen LogP) is 3.82. The Morgan fingerprint density at radius 2 is 1.90 bits per heavy atom. The molecule has 1 heterocycles. The molecule has 1 aliphatic heterocycles. The Bertz CT molecular complexity index is 663. The summed E-state index contributed by atoms with van der Waals surface area (Å²) in [6.07, 6.45) is 0.666. The Balaban J connectivity index is 1.54. The molecule has 0 fully saturated rings. The van der Waals surface area contributed by atoms with Gasteiger partial charge in [0.15, 0.2) is 0 Å². The number of hydrogen-bond acceptors (Lipinski definition) is 2. The Kier molecular flexibility index (Phi) is 4.22. The van der Waals surface area contributed by atoms with Crippen LogP contribution in [0.1, 0.15) is 11.1 Å². The van der Waals surface area contributed by atoms with E-state index >= 15 is 0 Å². The molecule has 0 bridgehead atoms. The van der Waals surface area contributed by atoms with Crippen LogP contribution >= 0.6 is 15.9 Å². The molecule has 0 aromatic heterocycles. The topological polar surface area (TPSA) is 21.3 Å². The number of halogens is 3. The highest BCUT2D eigenvalue weighted by molar-refractivity contribution is 9.10. The molecule has 0 spiro atoms. The molecule has 2 nitrogen and oxygen atoms in total. The van der Waals surface area contributed by atoms with Crippen LogP contribution in [-0.2, 0) is 13.0 Å². The zero-order valence-corrected chi connectivity index (χ0v) is 12.8. The first kappa shape index (κ1) is 14.5. The standard InChI is InChI=1S/C16H14BrF2NO/c17-15-3-1-12(18)6-11(15)8-20-9-14-7-10-5-13(19)2-4-16(10)21-14/h1-6,14,20H,7-9H2. The maximum atomic E-state index is 13.2. The average Bonchev–Trinajstić information content (AvgIpc) is 2.84. The maximum absolute atomic E-state index is 13.2. The lowest BCUT2D eigenvalue weighted by molar-refractivity contribution is 0.227. The van der Waals surface area contributed by atoms with E-state index in [4.69, 9.17) is 4.74 Å². The summed E-state index contributed by atoms with van der Waals surface area (Å²) in [5.41, 5.74) is 1.75. The normalized spacial score (nSPS) is 16.6. The second-order valence-electron chi connectivity index (χ2n) is 5.06. The number of fused-ring (bicyclic) bond motifs is 1. The molecule has 0 amide bonds. The van der Waals surface area contributed by atoms with E-state index in [9.17, 15) is 8.78 Å². The summed E-state index contributed by atoms with van der Waals surface area (Å²) in [5.74, 6) is 0.250. The van der Waals surface area contributed by atoms with Crippen LogP contribution in [0.5, 0.6) is 5.75 Å². The van der Waals surface area contributed by atoms with Crippen LogP contribution in [0.4, 0.5) is 8.78 Å². The van der Waals surface area contributed by atoms with E-state index in [2.05, 4.69) is 21.2 Å². The maximum Gasteiger partial charge on any atom is 0.123 e. The summed E-state index contributed by atoms with van der Waals surface area (Å²) in [5, 5.41) is 3.25. The quantitative estimate of drug-likeness (QED) is 0.901. The van der Waals surface area contributed by atoms with Crippen LogP contribution in [0.2, 0.25) is 0 Å². The molecular weight excluding hydrogens is 340 g/mol. The first-order chi connectivity index (χ1) is 10.1. The monoisotopic (exact) mass is 353 g/mol. The average molecular weight is 354 g/mol. The zero-order chi connectivity index (χ0) is 14.8. The molecule has 1 atom stereocenters. The van der Waals surface area contributed by atoms with E-state index in [1.807, 2.05) is 0 Å². The molecule has 5 heteroatoms. The number of hydrogen-bond donors (Lipinski definition) is 1. The van der Waals surface area contributed by atoms with Gasteiger partial charge in [0.2, 0.25) is 0 Å². The van der Waals surface area contributed by atoms with Gasteiger partial charge in [-0.25, -0.2) is 8.78 Å². The second-order valence-corrected chi connectivity index (χ2v) is 5.92. The highest BCUT2D eigenvalue weighted by Crippen LogP contribution is 2.29. The first-order valence-electron chi connectivity index (χ1n) is 6.71. The molecule has 0 saturated carbocycles. The van der Waals surface area contributed by atoms with Gasteiger partial charge in [0.1, 0.15) is 23.5 Å². The van der Waals surface area contributed by atoms with Crippen LogP contribution < -0.4 is 10.1 Å². The second kappa shape index (κ2) is 6.12. The van der Waals surface area contributed by atoms with E-state index in [0.29, 0.717) is 19.5 Å². The molecule has 3 rings (SSSR count). The van der Waals surface area contributed by atoms with E-state index in [1.165, 1.54) is 24.3 Å². The summed E-state index contributed by atoms with van der Waals surface area (Å²) in [6, 6.07) is 9.18. The minimum absolute atomic E-state index is 0.0193. The number of ether oxygens (including phenoxy) is 1. The van der Waals surface area contributed by atoms with E-state index in [0.717, 1.165) is 21.3 Å². The summed E-state index contributed by atoms with van der Waals surface area (Å²) in [4.78, 5) is 0. The van der Waals surface area contributed by atoms with E-state index in [-0.39, 0.29) is 17.7 Å². The van der Waals surface area contributed by atoms with Crippen molar-refractivity contribution >= 4 is 15.9 Å². The Morgan fingerprint density at radius 3 is 2.76 bits per heavy atom. The molecule has 0 radical (unpaired) electrons. The van der Waals surface area contributed by atoms with Gasteiger partial charge in [-0.1, -0.05) is 15.9 Å². The Hall–Kier alpha value is -1.46. The van der Waals surface area contributed by atoms with Crippen molar-refractivity contribution in [3.63, 3.8) is 0 Å². The first-order valence-corrected chi connectivity index (χ1v) is 7.51. The van der Waals surface area contributed by atoms with Crippen LogP contribution in [0, 0.1) is 11.6 Å². The molecule has 0 saturated heterocycles. The van der Waals surface area contributed by atoms with Gasteiger partial charge in [0, 0.05) is 29.5 Å². The Morgan fingerprint density at radius 1 is 1.14 bits per heavy atom. The van der Waals surface area contributed by atoms with Crippen molar-refractivity contribution in [3.05, 3.63) is 63.6 Å². The molecule has 1 unspecified atom stereocenters. The van der Waals surface area contributed by atoms with Gasteiger partial charge < -0.3 is 10.1 Å². The van der Waals surface area contributed by atoms with Crippen LogP contribution in [0.25, 0.3) is 0 Å². The van der Waals surface area contributed by atoms with Gasteiger partial charge >= 0.3 is 0 Å². The number of nitrogens with one attached hydrogen (secondary N) is 1. The van der Waals surface area contributed by atoms with Crippen molar-refractivity contribution in [2.24, 2.45) is 0 Å². The van der Waals surface area contributed by atoms with Gasteiger partial charge in [-0.15, -0.1) is 0 Å². The highest BCUT2D eigenvalue weighted by atomic mass is 79.9. The fourth-order valence-electron chi connectivity index (χ4n) is 2.45. The third-order valence-corrected chi connectivity index (χ3v) is 4.23. The fourth-order valence-corrected chi connectivity index (χ4v) is 2.84. The van der Waals surface area contributed by atoms with Crippen LogP contribution in [0.3, 0.4) is 0 Å². The summed E-state index contributed by atoms with van der Waals surface area (Å²) in [6.45, 7) is 1.17. The lowest BCUT2D eigenvalue weighted by Crippen LogP contribution is -2.29. The minimum Gasteiger partial charge on any atom is -0.488 e. The molecule has 1 N–H and O–H groups in total. The highest BCUT2D eigenvalue weighted by Gasteiger charge is 2.22. The van der Waals surface area contributed by atoms with Crippen molar-refractivity contribution in [1.29, 1.82) is 0 Å². The van der Waals surface area contributed by atoms with Gasteiger partial charge in [-0.2, -0.15) is 0 Å². The van der Waals surface area contributed by atoms with Gasteiger partial charge in [0.25, 0.3) is 0 Å². The largest absolute Gasteiger partial charge is 0.488 e. The van der Waals surface area contributed by atoms with Crippen LogP contribution in [-0.4, -0.2) is 12.6 Å². The zero-order valence-electron chi connectivity index (χ0n) is 11.2. The molecular formula is C16H14BrF2NO. The van der Waals surface area contributed by atoms with Crippen LogP contribution in [0.15, 0.2) is 40.9 Å². The molecule has 110 valence electrons. The number of benzene rings is 2. The summed E-state index contributed by atoms with van der Waals surface area (Å²) >= 11 is 3.40. The minimum atomic E-state index is -0.255. The lowest BCUT2D eigenvalue weighted by atomic mass is 10.1. The van der Waals surface area contributed by atoms with Crippen molar-refractivity contribution < 1.29 is 13.5 Å². The predicted molar refractivity (Wildman–Crippen MR) is 80.3 cm³/mol. The fraction of sp³-hybridized carbons (Fsp3) is 0.250. The summed E-state index contributed by atoms with van der Waals surface area (Å²) < 4.78 is 32.9. The van der Waals surface area contributed by atoms with E-state index in [1.54, 1.807) is 12.1 Å². The lowest BCUT2D eigenvalue weighted by Gasteiger charge is -2.12. The SMILES string of the molecule is Fc1ccc(Br)c(CNCC2Cc3cc(F)ccc3O2)c1. The van der Waals surface area contributed by atoms with Crippen molar-refractivity contribution in [1.82, 2.24) is 5.32 Å². The molecule has 1 aliphatic rings. The smallest absolute Gasteiger partial charge is 0.123 e. The Labute approximate surface area is 130 Å². The molecule has 2 aromatic carbocycles. The number of rotatable bonds is 4. The van der Waals surface area contributed by atoms with E-state index < -0.39 is 0 Å². The van der Waals surface area contributed by atoms with Crippen molar-refractivity contribution in [3.8, 4) is 5.75 Å². The summed E-state index contributed by atoms with van der Waals surface area (Å²) in [7, 11) is 0. The third-order valence-electron chi connectivity index (χ3n) is 3.46. The van der Waals surface area contributed by atoms with Gasteiger partial charge in [-0.3, -0.25) is 0 Å². The van der Waals surface area contributed by atoms with Gasteiger partial charge in [-0.05, 0) is 42.0 Å². The third kappa shape index (κ3) is 3.41. The van der Waals surface area contributed by atoms with Gasteiger partial charge in [0.05, 0.1) is 0 Å². The molecule has 21 heavy (non-hydrogen) atoms. The van der Waals surface area contributed by atoms with Crippen molar-refractivity contribution in [2.45, 2.75) is 19.1 Å². The molecule has 2 aromatic rings. The van der Waals surface area contributed by atoms with Crippen molar-refractivity contribution in [2.75, 3.05) is 6.54 Å².